The first-order valence-electron chi connectivity index (χ1n) is 7.19. The van der Waals surface area contributed by atoms with E-state index in [0.29, 0.717) is 16.8 Å². The fourth-order valence-electron chi connectivity index (χ4n) is 2.34. The number of hydrogen-bond donors (Lipinski definition) is 0. The third-order valence-corrected chi connectivity index (χ3v) is 3.44. The maximum Gasteiger partial charge on any atom is 0.363 e. The highest BCUT2D eigenvalue weighted by Crippen LogP contribution is 2.19. The van der Waals surface area contributed by atoms with Gasteiger partial charge in [0.05, 0.1) is 22.9 Å². The lowest BCUT2D eigenvalue weighted by Crippen LogP contribution is -2.05. The highest BCUT2D eigenvalue weighted by molar-refractivity contribution is 6.12. The lowest BCUT2D eigenvalue weighted by atomic mass is 10.2. The minimum atomic E-state index is -0.607. The molecule has 0 amide bonds. The average Bonchev–Trinajstić information content (AvgIpc) is 2.96. The van der Waals surface area contributed by atoms with Crippen LogP contribution in [0.4, 0.5) is 4.39 Å². The molecule has 1 aliphatic heterocycles. The summed E-state index contributed by atoms with van der Waals surface area (Å²) in [5.41, 5.74) is 2.46. The van der Waals surface area contributed by atoms with Crippen LogP contribution < -0.4 is 0 Å². The molecule has 0 aliphatic carbocycles. The van der Waals surface area contributed by atoms with Crippen molar-refractivity contribution in [3.63, 3.8) is 0 Å². The van der Waals surface area contributed by atoms with Gasteiger partial charge in [0.2, 0.25) is 5.90 Å². The van der Waals surface area contributed by atoms with E-state index in [2.05, 4.69) is 15.0 Å². The summed E-state index contributed by atoms with van der Waals surface area (Å²) in [5.74, 6) is -0.965. The number of nitrogens with zero attached hydrogens (tertiary/aromatic N) is 3. The molecule has 5 nitrogen and oxygen atoms in total. The smallest absolute Gasteiger partial charge is 0.363 e. The van der Waals surface area contributed by atoms with Crippen LogP contribution >= 0.6 is 0 Å². The number of cyclic esters (lactones) is 1. The van der Waals surface area contributed by atoms with Crippen LogP contribution in [0, 0.1) is 5.82 Å². The average molecular weight is 319 g/mol. The van der Waals surface area contributed by atoms with Gasteiger partial charge in [-0.1, -0.05) is 18.2 Å². The number of benzene rings is 2. The summed E-state index contributed by atoms with van der Waals surface area (Å²) >= 11 is 0. The predicted molar refractivity (Wildman–Crippen MR) is 86.5 cm³/mol. The maximum atomic E-state index is 13.3. The van der Waals surface area contributed by atoms with Gasteiger partial charge < -0.3 is 4.74 Å². The van der Waals surface area contributed by atoms with Gasteiger partial charge in [-0.2, -0.15) is 0 Å². The molecule has 3 aromatic rings. The minimum Gasteiger partial charge on any atom is -0.402 e. The number of para-hydroxylation sites is 2. The zero-order valence-electron chi connectivity index (χ0n) is 12.3. The van der Waals surface area contributed by atoms with E-state index in [9.17, 15) is 9.18 Å². The van der Waals surface area contributed by atoms with Crippen molar-refractivity contribution in [2.75, 3.05) is 0 Å². The predicted octanol–water partition coefficient (Wildman–Crippen LogP) is 3.11. The Morgan fingerprint density at radius 2 is 1.88 bits per heavy atom. The molecular formula is C18H10FN3O2. The Morgan fingerprint density at radius 3 is 2.71 bits per heavy atom. The number of fused-ring (bicyclic) bond motifs is 1. The number of aliphatic imine (C=N–C) groups is 1. The normalized spacial score (nSPS) is 15.6. The van der Waals surface area contributed by atoms with E-state index in [0.717, 1.165) is 5.52 Å². The molecular weight excluding hydrogens is 309 g/mol. The van der Waals surface area contributed by atoms with Crippen molar-refractivity contribution in [3.05, 3.63) is 77.5 Å². The molecule has 1 aliphatic rings. The second-order valence-electron chi connectivity index (χ2n) is 5.13. The van der Waals surface area contributed by atoms with Gasteiger partial charge in [-0.3, -0.25) is 4.98 Å². The Hall–Kier alpha value is -3.41. The molecule has 24 heavy (non-hydrogen) atoms. The van der Waals surface area contributed by atoms with Gasteiger partial charge in [0, 0.05) is 5.56 Å². The van der Waals surface area contributed by atoms with Gasteiger partial charge in [0.25, 0.3) is 0 Å². The lowest BCUT2D eigenvalue weighted by molar-refractivity contribution is -0.129. The zero-order valence-corrected chi connectivity index (χ0v) is 12.3. The van der Waals surface area contributed by atoms with Gasteiger partial charge in [-0.25, -0.2) is 19.2 Å². The molecule has 2 heterocycles. The summed E-state index contributed by atoms with van der Waals surface area (Å²) in [5, 5.41) is 0. The fourth-order valence-corrected chi connectivity index (χ4v) is 2.34. The lowest BCUT2D eigenvalue weighted by Gasteiger charge is -1.98. The van der Waals surface area contributed by atoms with E-state index in [-0.39, 0.29) is 11.6 Å². The monoisotopic (exact) mass is 319 g/mol. The van der Waals surface area contributed by atoms with E-state index in [1.165, 1.54) is 24.3 Å². The number of esters is 1. The number of rotatable bonds is 2. The third-order valence-electron chi connectivity index (χ3n) is 3.44. The van der Waals surface area contributed by atoms with Gasteiger partial charge in [-0.05, 0) is 36.4 Å². The molecule has 2 aromatic carbocycles. The van der Waals surface area contributed by atoms with Crippen LogP contribution in [0.5, 0.6) is 0 Å². The molecule has 0 bridgehead atoms. The first-order chi connectivity index (χ1) is 11.7. The second kappa shape index (κ2) is 5.66. The molecule has 0 unspecified atom stereocenters. The molecule has 0 radical (unpaired) electrons. The summed E-state index contributed by atoms with van der Waals surface area (Å²) in [6, 6.07) is 13.1. The van der Waals surface area contributed by atoms with Gasteiger partial charge in [0.1, 0.15) is 5.82 Å². The highest BCUT2D eigenvalue weighted by Gasteiger charge is 2.24. The summed E-state index contributed by atoms with van der Waals surface area (Å²) in [4.78, 5) is 24.8. The molecule has 0 fully saturated rings. The molecule has 116 valence electrons. The van der Waals surface area contributed by atoms with E-state index < -0.39 is 11.8 Å². The van der Waals surface area contributed by atoms with Crippen molar-refractivity contribution < 1.29 is 13.9 Å². The largest absolute Gasteiger partial charge is 0.402 e. The maximum absolute atomic E-state index is 13.3. The molecule has 0 atom stereocenters. The number of halogens is 1. The molecule has 0 saturated heterocycles. The van der Waals surface area contributed by atoms with Crippen molar-refractivity contribution in [2.24, 2.45) is 4.99 Å². The summed E-state index contributed by atoms with van der Waals surface area (Å²) in [7, 11) is 0. The van der Waals surface area contributed by atoms with Crippen molar-refractivity contribution in [3.8, 4) is 0 Å². The Bertz CT molecular complexity index is 1030. The molecule has 6 heteroatoms. The number of aromatic nitrogens is 2. The number of ether oxygens (including phenoxy) is 1. The van der Waals surface area contributed by atoms with Crippen LogP contribution in [0.25, 0.3) is 17.1 Å². The number of hydrogen-bond acceptors (Lipinski definition) is 5. The van der Waals surface area contributed by atoms with Gasteiger partial charge in [-0.15, -0.1) is 0 Å². The van der Waals surface area contributed by atoms with Gasteiger partial charge in [0.15, 0.2) is 5.70 Å². The van der Waals surface area contributed by atoms with Crippen molar-refractivity contribution >= 4 is 29.0 Å². The highest BCUT2D eigenvalue weighted by atomic mass is 19.1. The standard InChI is InChI=1S/C18H10FN3O2/c19-12-5-3-4-11(8-12)17-22-16(18(23)24-17)9-13-10-20-14-6-1-2-7-15(14)21-13/h1-10H/b16-9-. The Labute approximate surface area is 136 Å². The quantitative estimate of drug-likeness (QED) is 0.538. The van der Waals surface area contributed by atoms with Crippen molar-refractivity contribution in [1.82, 2.24) is 9.97 Å². The number of carbonyl (C=O) groups is 1. The molecule has 0 spiro atoms. The summed E-state index contributed by atoms with van der Waals surface area (Å²) in [6.07, 6.45) is 3.05. The topological polar surface area (TPSA) is 64.4 Å². The van der Waals surface area contributed by atoms with E-state index in [1.54, 1.807) is 12.3 Å². The van der Waals surface area contributed by atoms with Crippen LogP contribution in [0.1, 0.15) is 11.3 Å². The van der Waals surface area contributed by atoms with E-state index in [1.807, 2.05) is 24.3 Å². The molecule has 0 saturated carbocycles. The Kier molecular flexibility index (Phi) is 3.35. The third kappa shape index (κ3) is 2.65. The molecule has 0 N–H and O–H groups in total. The summed E-state index contributed by atoms with van der Waals surface area (Å²) in [6.45, 7) is 0. The summed E-state index contributed by atoms with van der Waals surface area (Å²) < 4.78 is 18.4. The van der Waals surface area contributed by atoms with E-state index in [4.69, 9.17) is 4.74 Å². The Balaban J connectivity index is 1.71. The minimum absolute atomic E-state index is 0.0690. The van der Waals surface area contributed by atoms with E-state index >= 15 is 0 Å². The fraction of sp³-hybridized carbons (Fsp3) is 0. The SMILES string of the molecule is O=C1OC(c2cccc(F)c2)=N/C1=C\c1cnc2ccccc2n1. The molecule has 1 aromatic heterocycles. The van der Waals surface area contributed by atoms with Crippen LogP contribution in [0.2, 0.25) is 0 Å². The van der Waals surface area contributed by atoms with Crippen LogP contribution in [0.15, 0.2) is 65.4 Å². The Morgan fingerprint density at radius 1 is 1.04 bits per heavy atom. The van der Waals surface area contributed by atoms with Gasteiger partial charge >= 0.3 is 5.97 Å². The molecule has 4 rings (SSSR count). The van der Waals surface area contributed by atoms with Crippen LogP contribution in [-0.2, 0) is 9.53 Å². The van der Waals surface area contributed by atoms with Crippen LogP contribution in [-0.4, -0.2) is 21.8 Å². The van der Waals surface area contributed by atoms with Crippen molar-refractivity contribution in [1.29, 1.82) is 0 Å². The second-order valence-corrected chi connectivity index (χ2v) is 5.13. The zero-order chi connectivity index (χ0) is 16.5. The first-order valence-corrected chi connectivity index (χ1v) is 7.19. The van der Waals surface area contributed by atoms with Crippen molar-refractivity contribution in [2.45, 2.75) is 0 Å². The number of carbonyl (C=O) groups excluding carboxylic acids is 1. The van der Waals surface area contributed by atoms with Crippen LogP contribution in [0.3, 0.4) is 0 Å². The first kappa shape index (κ1) is 14.2.